The topological polar surface area (TPSA) is 44.2 Å². The lowest BCUT2D eigenvalue weighted by atomic mass is 10.2. The van der Waals surface area contributed by atoms with Gasteiger partial charge in [-0.2, -0.15) is 0 Å². The van der Waals surface area contributed by atoms with Gasteiger partial charge < -0.3 is 9.47 Å². The van der Waals surface area contributed by atoms with Gasteiger partial charge in [-0.05, 0) is 31.0 Å². The SMILES string of the molecule is CCc1cnc(OC)nc1.COc1ccc(C)cc1. The largest absolute Gasteiger partial charge is 0.497 e. The van der Waals surface area contributed by atoms with E-state index in [-0.39, 0.29) is 0 Å². The van der Waals surface area contributed by atoms with Crippen LogP contribution in [0.15, 0.2) is 36.7 Å². The summed E-state index contributed by atoms with van der Waals surface area (Å²) in [6, 6.07) is 8.39. The number of benzene rings is 1. The zero-order valence-corrected chi connectivity index (χ0v) is 11.9. The molecule has 2 aromatic rings. The molecule has 0 atom stereocenters. The third kappa shape index (κ3) is 5.38. The van der Waals surface area contributed by atoms with Crippen LogP contribution in [0.4, 0.5) is 0 Å². The Morgan fingerprint density at radius 3 is 1.95 bits per heavy atom. The normalized spacial score (nSPS) is 9.26. The first-order valence-corrected chi connectivity index (χ1v) is 6.15. The van der Waals surface area contributed by atoms with Gasteiger partial charge in [-0.25, -0.2) is 9.97 Å². The molecule has 1 aromatic heterocycles. The van der Waals surface area contributed by atoms with Gasteiger partial charge in [-0.15, -0.1) is 0 Å². The van der Waals surface area contributed by atoms with E-state index in [9.17, 15) is 0 Å². The molecule has 0 aliphatic carbocycles. The summed E-state index contributed by atoms with van der Waals surface area (Å²) in [5, 5.41) is 0. The predicted octanol–water partition coefficient (Wildman–Crippen LogP) is 3.05. The quantitative estimate of drug-likeness (QED) is 0.850. The molecule has 2 rings (SSSR count). The maximum atomic E-state index is 4.97. The summed E-state index contributed by atoms with van der Waals surface area (Å²) in [5.41, 5.74) is 2.39. The molecule has 0 bridgehead atoms. The molecule has 4 heteroatoms. The lowest BCUT2D eigenvalue weighted by Crippen LogP contribution is -1.92. The van der Waals surface area contributed by atoms with Crippen molar-refractivity contribution in [3.63, 3.8) is 0 Å². The Balaban J connectivity index is 0.000000191. The molecule has 102 valence electrons. The summed E-state index contributed by atoms with van der Waals surface area (Å²) < 4.78 is 9.76. The number of methoxy groups -OCH3 is 2. The number of nitrogens with zero attached hydrogens (tertiary/aromatic N) is 2. The van der Waals surface area contributed by atoms with Gasteiger partial charge in [0.2, 0.25) is 0 Å². The van der Waals surface area contributed by atoms with E-state index in [0.29, 0.717) is 6.01 Å². The van der Waals surface area contributed by atoms with Crippen molar-refractivity contribution in [3.8, 4) is 11.8 Å². The van der Waals surface area contributed by atoms with Crippen LogP contribution in [0.2, 0.25) is 0 Å². The Kier molecular flexibility index (Phi) is 6.36. The summed E-state index contributed by atoms with van der Waals surface area (Å²) in [6.07, 6.45) is 4.50. The van der Waals surface area contributed by atoms with Crippen LogP contribution in [-0.2, 0) is 6.42 Å². The third-order valence-electron chi connectivity index (χ3n) is 2.53. The van der Waals surface area contributed by atoms with Gasteiger partial charge in [0.1, 0.15) is 5.75 Å². The highest BCUT2D eigenvalue weighted by atomic mass is 16.5. The van der Waals surface area contributed by atoms with Crippen molar-refractivity contribution in [2.45, 2.75) is 20.3 Å². The van der Waals surface area contributed by atoms with Crippen molar-refractivity contribution in [3.05, 3.63) is 47.8 Å². The number of rotatable bonds is 3. The Labute approximate surface area is 114 Å². The Morgan fingerprint density at radius 1 is 0.947 bits per heavy atom. The Bertz CT molecular complexity index is 444. The summed E-state index contributed by atoms with van der Waals surface area (Å²) >= 11 is 0. The van der Waals surface area contributed by atoms with Crippen LogP contribution in [0.25, 0.3) is 0 Å². The number of aromatic nitrogens is 2. The predicted molar refractivity (Wildman–Crippen MR) is 75.7 cm³/mol. The van der Waals surface area contributed by atoms with E-state index in [4.69, 9.17) is 9.47 Å². The minimum Gasteiger partial charge on any atom is -0.497 e. The van der Waals surface area contributed by atoms with Gasteiger partial charge in [0.25, 0.3) is 0 Å². The van der Waals surface area contributed by atoms with Crippen molar-refractivity contribution in [2.24, 2.45) is 0 Å². The highest BCUT2D eigenvalue weighted by Gasteiger charge is 1.92. The molecular formula is C15H20N2O2. The fourth-order valence-electron chi connectivity index (χ4n) is 1.31. The fourth-order valence-corrected chi connectivity index (χ4v) is 1.31. The van der Waals surface area contributed by atoms with Crippen molar-refractivity contribution in [1.29, 1.82) is 0 Å². The maximum absolute atomic E-state index is 4.97. The molecule has 0 aliphatic rings. The van der Waals surface area contributed by atoms with E-state index >= 15 is 0 Å². The number of hydrogen-bond acceptors (Lipinski definition) is 4. The zero-order chi connectivity index (χ0) is 14.1. The summed E-state index contributed by atoms with van der Waals surface area (Å²) in [5.74, 6) is 0.917. The van der Waals surface area contributed by atoms with Gasteiger partial charge in [0.15, 0.2) is 0 Å². The minimum absolute atomic E-state index is 0.428. The standard InChI is InChI=1S/C8H10O.C7H10N2O/c1-7-3-5-8(9-2)6-4-7;1-3-6-4-8-7(10-2)9-5-6/h3-6H,1-2H3;4-5H,3H2,1-2H3. The van der Waals surface area contributed by atoms with E-state index < -0.39 is 0 Å². The number of aryl methyl sites for hydroxylation is 2. The zero-order valence-electron chi connectivity index (χ0n) is 11.9. The number of hydrogen-bond donors (Lipinski definition) is 0. The van der Waals surface area contributed by atoms with E-state index in [1.54, 1.807) is 26.6 Å². The molecule has 0 saturated heterocycles. The molecule has 1 heterocycles. The molecule has 0 amide bonds. The van der Waals surface area contributed by atoms with Gasteiger partial charge in [-0.3, -0.25) is 0 Å². The molecular weight excluding hydrogens is 240 g/mol. The molecule has 0 fully saturated rings. The monoisotopic (exact) mass is 260 g/mol. The average molecular weight is 260 g/mol. The molecule has 1 aromatic carbocycles. The molecule has 0 spiro atoms. The van der Waals surface area contributed by atoms with Crippen LogP contribution in [0, 0.1) is 6.92 Å². The second kappa shape index (κ2) is 8.08. The summed E-state index contributed by atoms with van der Waals surface area (Å²) in [6.45, 7) is 4.12. The van der Waals surface area contributed by atoms with Gasteiger partial charge in [0.05, 0.1) is 14.2 Å². The number of ether oxygens (including phenoxy) is 2. The smallest absolute Gasteiger partial charge is 0.316 e. The van der Waals surface area contributed by atoms with Gasteiger partial charge >= 0.3 is 6.01 Å². The molecule has 0 saturated carbocycles. The second-order valence-electron chi connectivity index (χ2n) is 3.95. The van der Waals surface area contributed by atoms with Crippen molar-refractivity contribution >= 4 is 0 Å². The van der Waals surface area contributed by atoms with E-state index in [1.807, 2.05) is 24.3 Å². The Morgan fingerprint density at radius 2 is 1.53 bits per heavy atom. The van der Waals surface area contributed by atoms with E-state index in [1.165, 1.54) is 5.56 Å². The van der Waals surface area contributed by atoms with E-state index in [2.05, 4.69) is 23.8 Å². The van der Waals surface area contributed by atoms with Crippen LogP contribution in [0.1, 0.15) is 18.1 Å². The van der Waals surface area contributed by atoms with Crippen LogP contribution in [0.5, 0.6) is 11.8 Å². The molecule has 19 heavy (non-hydrogen) atoms. The van der Waals surface area contributed by atoms with Crippen LogP contribution < -0.4 is 9.47 Å². The van der Waals surface area contributed by atoms with Crippen molar-refractivity contribution in [2.75, 3.05) is 14.2 Å². The second-order valence-corrected chi connectivity index (χ2v) is 3.95. The fraction of sp³-hybridized carbons (Fsp3) is 0.333. The van der Waals surface area contributed by atoms with Crippen molar-refractivity contribution in [1.82, 2.24) is 9.97 Å². The van der Waals surface area contributed by atoms with Gasteiger partial charge in [-0.1, -0.05) is 24.6 Å². The lowest BCUT2D eigenvalue weighted by molar-refractivity contribution is 0.379. The van der Waals surface area contributed by atoms with Crippen LogP contribution >= 0.6 is 0 Å². The van der Waals surface area contributed by atoms with Crippen molar-refractivity contribution < 1.29 is 9.47 Å². The summed E-state index contributed by atoms with van der Waals surface area (Å²) in [4.78, 5) is 7.87. The molecule has 0 radical (unpaired) electrons. The van der Waals surface area contributed by atoms with E-state index in [0.717, 1.165) is 17.7 Å². The maximum Gasteiger partial charge on any atom is 0.316 e. The molecule has 0 unspecified atom stereocenters. The first-order valence-electron chi connectivity index (χ1n) is 6.15. The molecule has 0 N–H and O–H groups in total. The van der Waals surface area contributed by atoms with Crippen LogP contribution in [0.3, 0.4) is 0 Å². The van der Waals surface area contributed by atoms with Crippen LogP contribution in [-0.4, -0.2) is 24.2 Å². The highest BCUT2D eigenvalue weighted by Crippen LogP contribution is 2.09. The molecule has 4 nitrogen and oxygen atoms in total. The van der Waals surface area contributed by atoms with Gasteiger partial charge in [0, 0.05) is 12.4 Å². The lowest BCUT2D eigenvalue weighted by Gasteiger charge is -1.97. The third-order valence-corrected chi connectivity index (χ3v) is 2.53. The summed E-state index contributed by atoms with van der Waals surface area (Å²) in [7, 11) is 3.23. The average Bonchev–Trinajstić information content (AvgIpc) is 2.49. The first kappa shape index (κ1) is 15.0. The molecule has 0 aliphatic heterocycles. The minimum atomic E-state index is 0.428. The first-order chi connectivity index (χ1) is 9.19. The highest BCUT2D eigenvalue weighted by molar-refractivity contribution is 5.25. The Hall–Kier alpha value is -2.10.